The molecule has 1 aromatic carbocycles. The second-order valence-electron chi connectivity index (χ2n) is 3.50. The Morgan fingerprint density at radius 2 is 2.07 bits per heavy atom. The van der Waals surface area contributed by atoms with Crippen LogP contribution in [-0.2, 0) is 0 Å². The zero-order valence-corrected chi connectivity index (χ0v) is 8.00. The third-order valence-corrected chi connectivity index (χ3v) is 2.54. The van der Waals surface area contributed by atoms with E-state index in [0.717, 1.165) is 33.2 Å². The maximum atomic E-state index is 5.38. The number of benzene rings is 1. The van der Waals surface area contributed by atoms with E-state index >= 15 is 0 Å². The number of furan rings is 1. The first-order valence-corrected chi connectivity index (χ1v) is 4.50. The molecular formula is C11H9NO2. The number of hydrogen-bond donors (Lipinski definition) is 0. The van der Waals surface area contributed by atoms with Gasteiger partial charge in [-0.2, -0.15) is 0 Å². The van der Waals surface area contributed by atoms with Gasteiger partial charge in [0.1, 0.15) is 5.58 Å². The van der Waals surface area contributed by atoms with E-state index in [9.17, 15) is 0 Å². The lowest BCUT2D eigenvalue weighted by atomic mass is 10.1. The Labute approximate surface area is 80.3 Å². The molecule has 0 amide bonds. The first kappa shape index (κ1) is 7.62. The van der Waals surface area contributed by atoms with Gasteiger partial charge in [-0.05, 0) is 31.5 Å². The van der Waals surface area contributed by atoms with Gasteiger partial charge in [0.25, 0.3) is 0 Å². The van der Waals surface area contributed by atoms with Crippen molar-refractivity contribution in [3.63, 3.8) is 0 Å². The van der Waals surface area contributed by atoms with Crippen molar-refractivity contribution in [3.8, 4) is 0 Å². The molecule has 3 aromatic rings. The molecule has 14 heavy (non-hydrogen) atoms. The Morgan fingerprint density at radius 1 is 1.21 bits per heavy atom. The molecule has 0 bridgehead atoms. The number of aryl methyl sites for hydroxylation is 2. The smallest absolute Gasteiger partial charge is 0.178 e. The van der Waals surface area contributed by atoms with Gasteiger partial charge in [-0.25, -0.2) is 0 Å². The van der Waals surface area contributed by atoms with Crippen LogP contribution in [0.4, 0.5) is 0 Å². The van der Waals surface area contributed by atoms with E-state index < -0.39 is 0 Å². The third-order valence-electron chi connectivity index (χ3n) is 2.54. The Morgan fingerprint density at radius 3 is 2.93 bits per heavy atom. The molecule has 0 radical (unpaired) electrons. The number of hydrogen-bond acceptors (Lipinski definition) is 3. The molecule has 3 heteroatoms. The summed E-state index contributed by atoms with van der Waals surface area (Å²) in [4.78, 5) is 0. The van der Waals surface area contributed by atoms with Crippen molar-refractivity contribution in [1.82, 2.24) is 5.16 Å². The van der Waals surface area contributed by atoms with Gasteiger partial charge in [-0.1, -0.05) is 5.16 Å². The molecule has 3 rings (SSSR count). The van der Waals surface area contributed by atoms with E-state index in [4.69, 9.17) is 8.94 Å². The Hall–Kier alpha value is -1.77. The number of aromatic nitrogens is 1. The number of nitrogens with zero attached hydrogens (tertiary/aromatic N) is 1. The summed E-state index contributed by atoms with van der Waals surface area (Å²) < 4.78 is 10.7. The molecule has 0 unspecified atom stereocenters. The summed E-state index contributed by atoms with van der Waals surface area (Å²) in [6.07, 6.45) is 1.74. The topological polar surface area (TPSA) is 39.2 Å². The predicted molar refractivity (Wildman–Crippen MR) is 53.3 cm³/mol. The lowest BCUT2D eigenvalue weighted by Gasteiger charge is -1.90. The van der Waals surface area contributed by atoms with E-state index in [0.29, 0.717) is 0 Å². The standard InChI is InChI=1S/C11H9NO2/c1-6-5-13-9-4-3-8-7(2)12-14-11(8)10(6)9/h3-5H,1-2H3. The van der Waals surface area contributed by atoms with Gasteiger partial charge in [0.15, 0.2) is 5.58 Å². The summed E-state index contributed by atoms with van der Waals surface area (Å²) in [5.74, 6) is 0. The highest BCUT2D eigenvalue weighted by molar-refractivity contribution is 6.04. The molecular weight excluding hydrogens is 178 g/mol. The second kappa shape index (κ2) is 2.38. The molecule has 0 spiro atoms. The first-order chi connectivity index (χ1) is 6.77. The summed E-state index contributed by atoms with van der Waals surface area (Å²) in [6, 6.07) is 3.93. The molecule has 0 saturated heterocycles. The summed E-state index contributed by atoms with van der Waals surface area (Å²) in [5, 5.41) is 6.04. The van der Waals surface area contributed by atoms with E-state index in [1.54, 1.807) is 6.26 Å². The van der Waals surface area contributed by atoms with Gasteiger partial charge in [0.05, 0.1) is 17.3 Å². The largest absolute Gasteiger partial charge is 0.464 e. The van der Waals surface area contributed by atoms with Gasteiger partial charge in [-0.15, -0.1) is 0 Å². The van der Waals surface area contributed by atoms with Crippen LogP contribution in [-0.4, -0.2) is 5.16 Å². The zero-order valence-electron chi connectivity index (χ0n) is 8.00. The second-order valence-corrected chi connectivity index (χ2v) is 3.50. The maximum absolute atomic E-state index is 5.38. The van der Waals surface area contributed by atoms with Crippen molar-refractivity contribution in [2.45, 2.75) is 13.8 Å². The van der Waals surface area contributed by atoms with Crippen LogP contribution in [0.15, 0.2) is 27.3 Å². The van der Waals surface area contributed by atoms with Crippen molar-refractivity contribution in [2.75, 3.05) is 0 Å². The highest BCUT2D eigenvalue weighted by Gasteiger charge is 2.12. The number of rotatable bonds is 0. The molecule has 2 heterocycles. The van der Waals surface area contributed by atoms with Gasteiger partial charge in [0.2, 0.25) is 0 Å². The van der Waals surface area contributed by atoms with Crippen molar-refractivity contribution >= 4 is 21.9 Å². The summed E-state index contributed by atoms with van der Waals surface area (Å²) in [5.41, 5.74) is 3.68. The molecule has 0 saturated carbocycles. The lowest BCUT2D eigenvalue weighted by Crippen LogP contribution is -1.72. The SMILES string of the molecule is Cc1noc2c1ccc1occ(C)c12. The predicted octanol–water partition coefficient (Wildman–Crippen LogP) is 3.19. The average Bonchev–Trinajstić information content (AvgIpc) is 2.72. The molecule has 70 valence electrons. The van der Waals surface area contributed by atoms with Gasteiger partial charge in [0, 0.05) is 5.39 Å². The van der Waals surface area contributed by atoms with Crippen LogP contribution >= 0.6 is 0 Å². The van der Waals surface area contributed by atoms with E-state index in [2.05, 4.69) is 5.16 Å². The molecule has 0 fully saturated rings. The lowest BCUT2D eigenvalue weighted by molar-refractivity contribution is 0.452. The molecule has 0 aliphatic rings. The molecule has 2 aromatic heterocycles. The van der Waals surface area contributed by atoms with Crippen LogP contribution in [0.25, 0.3) is 21.9 Å². The van der Waals surface area contributed by atoms with Gasteiger partial charge in [-0.3, -0.25) is 0 Å². The normalized spacial score (nSPS) is 11.6. The Bertz CT molecular complexity index is 619. The van der Waals surface area contributed by atoms with Gasteiger partial charge >= 0.3 is 0 Å². The van der Waals surface area contributed by atoms with Crippen molar-refractivity contribution < 1.29 is 8.94 Å². The fourth-order valence-corrected chi connectivity index (χ4v) is 1.79. The molecule has 0 N–H and O–H groups in total. The third kappa shape index (κ3) is 0.789. The van der Waals surface area contributed by atoms with Crippen LogP contribution < -0.4 is 0 Å². The highest BCUT2D eigenvalue weighted by atomic mass is 16.5. The first-order valence-electron chi connectivity index (χ1n) is 4.50. The number of fused-ring (bicyclic) bond motifs is 3. The molecule has 0 atom stereocenters. The van der Waals surface area contributed by atoms with Crippen LogP contribution in [0, 0.1) is 13.8 Å². The average molecular weight is 187 g/mol. The van der Waals surface area contributed by atoms with E-state index in [1.165, 1.54) is 0 Å². The quantitative estimate of drug-likeness (QED) is 0.542. The van der Waals surface area contributed by atoms with Crippen LogP contribution in [0.5, 0.6) is 0 Å². The minimum absolute atomic E-state index is 0.825. The van der Waals surface area contributed by atoms with Gasteiger partial charge < -0.3 is 8.94 Å². The Balaban J connectivity index is 2.66. The molecule has 3 nitrogen and oxygen atoms in total. The molecule has 0 aliphatic heterocycles. The Kier molecular flexibility index (Phi) is 1.29. The van der Waals surface area contributed by atoms with Crippen molar-refractivity contribution in [2.24, 2.45) is 0 Å². The van der Waals surface area contributed by atoms with E-state index in [1.807, 2.05) is 26.0 Å². The van der Waals surface area contributed by atoms with E-state index in [-0.39, 0.29) is 0 Å². The summed E-state index contributed by atoms with van der Waals surface area (Å²) >= 11 is 0. The van der Waals surface area contributed by atoms with Crippen molar-refractivity contribution in [1.29, 1.82) is 0 Å². The monoisotopic (exact) mass is 187 g/mol. The summed E-state index contributed by atoms with van der Waals surface area (Å²) in [6.45, 7) is 3.94. The van der Waals surface area contributed by atoms with Crippen LogP contribution in [0.3, 0.4) is 0 Å². The minimum atomic E-state index is 0.825. The minimum Gasteiger partial charge on any atom is -0.464 e. The maximum Gasteiger partial charge on any atom is 0.178 e. The van der Waals surface area contributed by atoms with Crippen LogP contribution in [0.1, 0.15) is 11.3 Å². The molecule has 0 aliphatic carbocycles. The highest BCUT2D eigenvalue weighted by Crippen LogP contribution is 2.30. The zero-order chi connectivity index (χ0) is 9.71. The summed E-state index contributed by atoms with van der Waals surface area (Å²) in [7, 11) is 0. The van der Waals surface area contributed by atoms with Crippen LogP contribution in [0.2, 0.25) is 0 Å². The fourth-order valence-electron chi connectivity index (χ4n) is 1.79. The van der Waals surface area contributed by atoms with Crippen molar-refractivity contribution in [3.05, 3.63) is 29.7 Å². The fraction of sp³-hybridized carbons (Fsp3) is 0.182.